The van der Waals surface area contributed by atoms with E-state index in [0.29, 0.717) is 11.4 Å². The highest BCUT2D eigenvalue weighted by atomic mass is 32.1. The van der Waals surface area contributed by atoms with Crippen molar-refractivity contribution in [1.82, 2.24) is 45.6 Å². The number of aromatic nitrogens is 3. The molecule has 0 fully saturated rings. The molecule has 4 heterocycles. The first-order valence-electron chi connectivity index (χ1n) is 17.1. The molecule has 1 aromatic carbocycles. The molecule has 52 heavy (non-hydrogen) atoms. The Morgan fingerprint density at radius 1 is 0.885 bits per heavy atom. The summed E-state index contributed by atoms with van der Waals surface area (Å²) in [5.74, 6) is -2.83. The Morgan fingerprint density at radius 2 is 1.63 bits per heavy atom. The van der Waals surface area contributed by atoms with E-state index in [9.17, 15) is 28.8 Å². The van der Waals surface area contributed by atoms with E-state index in [4.69, 9.17) is 0 Å². The van der Waals surface area contributed by atoms with Gasteiger partial charge in [0.15, 0.2) is 0 Å². The lowest BCUT2D eigenvalue weighted by Gasteiger charge is -2.28. The number of thiazole rings is 1. The van der Waals surface area contributed by atoms with Gasteiger partial charge in [-0.2, -0.15) is 0 Å². The average Bonchev–Trinajstić information content (AvgIpc) is 3.90. The van der Waals surface area contributed by atoms with Gasteiger partial charge in [-0.3, -0.25) is 28.8 Å². The highest BCUT2D eigenvalue weighted by molar-refractivity contribution is 7.09. The van der Waals surface area contributed by atoms with E-state index in [-0.39, 0.29) is 49.9 Å². The third-order valence-corrected chi connectivity index (χ3v) is 9.79. The van der Waals surface area contributed by atoms with Crippen LogP contribution in [0, 0.1) is 5.92 Å². The zero-order valence-electron chi connectivity index (χ0n) is 29.9. The summed E-state index contributed by atoms with van der Waals surface area (Å²) >= 11 is 1.21. The van der Waals surface area contributed by atoms with Crippen molar-refractivity contribution in [3.8, 4) is 0 Å². The van der Waals surface area contributed by atoms with Crippen LogP contribution >= 0.6 is 11.3 Å². The maximum atomic E-state index is 13.9. The van der Waals surface area contributed by atoms with Crippen molar-refractivity contribution >= 4 is 57.7 Å². The molecular formula is C36H45N9O6S. The van der Waals surface area contributed by atoms with Crippen LogP contribution in [0.1, 0.15) is 64.8 Å². The Hall–Kier alpha value is -5.51. The van der Waals surface area contributed by atoms with Gasteiger partial charge in [0.05, 0.1) is 19.1 Å². The van der Waals surface area contributed by atoms with Crippen molar-refractivity contribution in [2.75, 3.05) is 40.3 Å². The van der Waals surface area contributed by atoms with Crippen molar-refractivity contribution in [3.05, 3.63) is 76.1 Å². The molecule has 1 aliphatic rings. The maximum Gasteiger partial charge on any atom is 0.271 e. The van der Waals surface area contributed by atoms with E-state index in [1.807, 2.05) is 38.1 Å². The van der Waals surface area contributed by atoms with Gasteiger partial charge in [0.2, 0.25) is 23.6 Å². The number of benzene rings is 1. The number of para-hydroxylation sites is 1. The molecule has 16 heteroatoms. The number of hydrogen-bond donors (Lipinski definition) is 5. The third kappa shape index (κ3) is 9.23. The highest BCUT2D eigenvalue weighted by Crippen LogP contribution is 2.25. The summed E-state index contributed by atoms with van der Waals surface area (Å²) in [6.45, 7) is 4.96. The van der Waals surface area contributed by atoms with Gasteiger partial charge in [0, 0.05) is 62.3 Å². The fourth-order valence-electron chi connectivity index (χ4n) is 6.12. The molecule has 2 bridgehead atoms. The van der Waals surface area contributed by atoms with Gasteiger partial charge in [-0.15, -0.1) is 11.3 Å². The van der Waals surface area contributed by atoms with Crippen molar-refractivity contribution < 1.29 is 28.8 Å². The number of nitrogens with zero attached hydrogens (tertiary/aromatic N) is 4. The number of aromatic amines is 2. The summed E-state index contributed by atoms with van der Waals surface area (Å²) in [4.78, 5) is 95.6. The molecule has 0 spiro atoms. The topological polar surface area (TPSA) is 193 Å². The van der Waals surface area contributed by atoms with E-state index < -0.39 is 53.6 Å². The minimum Gasteiger partial charge on any atom is -0.361 e. The van der Waals surface area contributed by atoms with Gasteiger partial charge < -0.3 is 40.6 Å². The number of rotatable bonds is 5. The molecule has 5 rings (SSSR count). The summed E-state index contributed by atoms with van der Waals surface area (Å²) in [5, 5.41) is 11.4. The number of H-pyrrole nitrogens is 2. The predicted molar refractivity (Wildman–Crippen MR) is 195 cm³/mol. The van der Waals surface area contributed by atoms with Gasteiger partial charge in [-0.05, 0) is 43.0 Å². The smallest absolute Gasteiger partial charge is 0.271 e. The molecule has 0 unspecified atom stereocenters. The van der Waals surface area contributed by atoms with Crippen LogP contribution in [-0.2, 0) is 25.6 Å². The lowest BCUT2D eigenvalue weighted by atomic mass is 10.0. The van der Waals surface area contributed by atoms with Crippen LogP contribution in [0.15, 0.2) is 54.2 Å². The minimum absolute atomic E-state index is 0.0274. The Bertz CT molecular complexity index is 1920. The third-order valence-electron chi connectivity index (χ3n) is 8.83. The molecule has 276 valence electrons. The molecule has 4 aromatic rings. The number of carbonyl (C=O) groups excluding carboxylic acids is 6. The Kier molecular flexibility index (Phi) is 12.1. The van der Waals surface area contributed by atoms with Crippen molar-refractivity contribution in [2.24, 2.45) is 5.92 Å². The van der Waals surface area contributed by atoms with E-state index >= 15 is 0 Å². The van der Waals surface area contributed by atoms with Gasteiger partial charge in [0.1, 0.15) is 28.5 Å². The fraction of sp³-hybridized carbons (Fsp3) is 0.417. The summed E-state index contributed by atoms with van der Waals surface area (Å²) in [6.07, 6.45) is 4.02. The van der Waals surface area contributed by atoms with Gasteiger partial charge >= 0.3 is 0 Å². The number of hydrogen-bond acceptors (Lipinski definition) is 8. The lowest BCUT2D eigenvalue weighted by Crippen LogP contribution is -2.53. The molecule has 0 saturated heterocycles. The van der Waals surface area contributed by atoms with Crippen LogP contribution in [0.25, 0.3) is 10.9 Å². The van der Waals surface area contributed by atoms with Crippen LogP contribution in [0.4, 0.5) is 0 Å². The number of carbonyl (C=O) groups is 6. The first-order chi connectivity index (χ1) is 24.8. The van der Waals surface area contributed by atoms with Gasteiger partial charge in [-0.25, -0.2) is 4.98 Å². The quantitative estimate of drug-likeness (QED) is 0.207. The molecule has 0 radical (unpaired) electrons. The normalized spacial score (nSPS) is 20.5. The van der Waals surface area contributed by atoms with E-state index in [1.54, 1.807) is 37.0 Å². The van der Waals surface area contributed by atoms with Gasteiger partial charge in [0.25, 0.3) is 11.8 Å². The number of fused-ring (bicyclic) bond motifs is 3. The first-order valence-corrected chi connectivity index (χ1v) is 18.0. The van der Waals surface area contributed by atoms with E-state index in [0.717, 1.165) is 16.5 Å². The first kappa shape index (κ1) is 37.7. The molecule has 3 atom stereocenters. The van der Waals surface area contributed by atoms with Crippen molar-refractivity contribution in [1.29, 1.82) is 0 Å². The second-order valence-corrected chi connectivity index (χ2v) is 14.4. The van der Waals surface area contributed by atoms with Crippen LogP contribution in [0.3, 0.4) is 0 Å². The summed E-state index contributed by atoms with van der Waals surface area (Å²) < 4.78 is 0. The maximum absolute atomic E-state index is 13.9. The number of likely N-dealkylation sites (N-methyl/N-ethyl adjacent to an activating group) is 2. The molecule has 0 aliphatic carbocycles. The number of amides is 6. The summed E-state index contributed by atoms with van der Waals surface area (Å²) in [6, 6.07) is 8.29. The average molecular weight is 732 g/mol. The van der Waals surface area contributed by atoms with Crippen LogP contribution in [0.5, 0.6) is 0 Å². The molecule has 6 amide bonds. The second kappa shape index (κ2) is 16.7. The SMILES string of the molecule is CC(C)C[C@@H]1NC(=O)CN(C(=O)c2ccc[nH]2)CCN(C)C(=O)[C@H](C)NC(=O)CN(C)C(=O)[C@@H](Cc2c[nH]c3ccccc23)NC(=O)c2csc1n2. The standard InChI is InChI=1S/C36H45N9O6S/c1-21(2)15-27-33-42-29(20-52-33)32(48)41-28(16-23-17-38-25-10-7-6-9-24(23)25)35(50)44(5)18-30(46)39-22(3)34(49)43(4)13-14-45(19-31(47)40-27)36(51)26-11-8-12-37-26/h6-12,17,20-22,27-28,37-38H,13-16,18-19H2,1-5H3,(H,39,46)(H,40,47)(H,41,48)/t22-,27-,28+/m0/s1. The second-order valence-electron chi connectivity index (χ2n) is 13.5. The zero-order valence-corrected chi connectivity index (χ0v) is 30.7. The summed E-state index contributed by atoms with van der Waals surface area (Å²) in [7, 11) is 3.00. The Balaban J connectivity index is 1.46. The molecular weight excluding hydrogens is 687 g/mol. The molecule has 5 N–H and O–H groups in total. The highest BCUT2D eigenvalue weighted by Gasteiger charge is 2.30. The van der Waals surface area contributed by atoms with Crippen molar-refractivity contribution in [3.63, 3.8) is 0 Å². The largest absolute Gasteiger partial charge is 0.361 e. The van der Waals surface area contributed by atoms with Crippen LogP contribution < -0.4 is 16.0 Å². The fourth-order valence-corrected chi connectivity index (χ4v) is 6.98. The lowest BCUT2D eigenvalue weighted by molar-refractivity contribution is -0.138. The van der Waals surface area contributed by atoms with E-state index in [1.165, 1.54) is 40.0 Å². The number of nitrogens with one attached hydrogen (secondary N) is 5. The molecule has 3 aromatic heterocycles. The van der Waals surface area contributed by atoms with Crippen LogP contribution in [0.2, 0.25) is 0 Å². The molecule has 1 aliphatic heterocycles. The van der Waals surface area contributed by atoms with E-state index in [2.05, 4.69) is 30.9 Å². The monoisotopic (exact) mass is 731 g/mol. The Morgan fingerprint density at radius 3 is 2.37 bits per heavy atom. The summed E-state index contributed by atoms with van der Waals surface area (Å²) in [5.41, 5.74) is 2.02. The minimum atomic E-state index is -1.07. The predicted octanol–water partition coefficient (Wildman–Crippen LogP) is 2.07. The zero-order chi connectivity index (χ0) is 37.5. The van der Waals surface area contributed by atoms with Crippen molar-refractivity contribution in [2.45, 2.75) is 51.7 Å². The van der Waals surface area contributed by atoms with Crippen LogP contribution in [-0.4, -0.2) is 117 Å². The molecule has 15 nitrogen and oxygen atoms in total. The Labute approximate surface area is 305 Å². The molecule has 0 saturated carbocycles. The van der Waals surface area contributed by atoms with Gasteiger partial charge in [-0.1, -0.05) is 32.0 Å².